The van der Waals surface area contributed by atoms with Crippen molar-refractivity contribution in [1.29, 1.82) is 0 Å². The molecule has 2 rings (SSSR count). The third-order valence-electron chi connectivity index (χ3n) is 2.09. The third-order valence-corrected chi connectivity index (χ3v) is 2.69. The van der Waals surface area contributed by atoms with Crippen molar-refractivity contribution in [1.82, 2.24) is 0 Å². The van der Waals surface area contributed by atoms with Crippen LogP contribution < -0.4 is 0 Å². The Morgan fingerprint density at radius 2 is 1.69 bits per heavy atom. The number of para-hydroxylation sites is 1. The van der Waals surface area contributed by atoms with E-state index in [0.29, 0.717) is 0 Å². The second-order valence-corrected chi connectivity index (χ2v) is 4.15. The summed E-state index contributed by atoms with van der Waals surface area (Å²) in [6.45, 7) is 0. The minimum absolute atomic E-state index is 0.723. The first kappa shape index (κ1) is 11.1. The van der Waals surface area contributed by atoms with E-state index in [9.17, 15) is 0 Å². The molecule has 0 atom stereocenters. The first-order valence-corrected chi connectivity index (χ1v) is 5.60. The fourth-order valence-electron chi connectivity index (χ4n) is 1.26. The highest BCUT2D eigenvalue weighted by Crippen LogP contribution is 2.17. The zero-order valence-corrected chi connectivity index (χ0v) is 10.0. The highest BCUT2D eigenvalue weighted by atomic mass is 35.5. The van der Waals surface area contributed by atoms with Crippen LogP contribution in [0.25, 0.3) is 0 Å². The van der Waals surface area contributed by atoms with Gasteiger partial charge in [0.25, 0.3) is 0 Å². The Kier molecular flexibility index (Phi) is 3.54. The molecule has 16 heavy (non-hydrogen) atoms. The number of nitrogens with zero attached hydrogens (tertiary/aromatic N) is 1. The molecule has 0 radical (unpaired) electrons. The number of rotatable bonds is 2. The SMILES string of the molecule is [S-]c1ccccc1N=Cc1ccc(Cl)cc1. The van der Waals surface area contributed by atoms with Gasteiger partial charge in [-0.25, -0.2) is 0 Å². The Balaban J connectivity index is 2.21. The Morgan fingerprint density at radius 3 is 2.38 bits per heavy atom. The average Bonchev–Trinajstić information content (AvgIpc) is 2.30. The lowest BCUT2D eigenvalue weighted by molar-refractivity contribution is 1.39. The van der Waals surface area contributed by atoms with Crippen molar-refractivity contribution in [3.63, 3.8) is 0 Å². The number of halogens is 1. The van der Waals surface area contributed by atoms with Gasteiger partial charge < -0.3 is 12.6 Å². The van der Waals surface area contributed by atoms with Gasteiger partial charge >= 0.3 is 0 Å². The topological polar surface area (TPSA) is 12.4 Å². The predicted molar refractivity (Wildman–Crippen MR) is 70.8 cm³/mol. The molecule has 2 aromatic rings. The van der Waals surface area contributed by atoms with E-state index in [-0.39, 0.29) is 0 Å². The van der Waals surface area contributed by atoms with Crippen molar-refractivity contribution in [3.8, 4) is 0 Å². The summed E-state index contributed by atoms with van der Waals surface area (Å²) < 4.78 is 0. The average molecular weight is 247 g/mol. The van der Waals surface area contributed by atoms with Crippen LogP contribution >= 0.6 is 11.6 Å². The van der Waals surface area contributed by atoms with E-state index >= 15 is 0 Å². The Morgan fingerprint density at radius 1 is 1.00 bits per heavy atom. The fourth-order valence-corrected chi connectivity index (χ4v) is 1.58. The van der Waals surface area contributed by atoms with Crippen LogP contribution in [0.4, 0.5) is 5.69 Å². The van der Waals surface area contributed by atoms with Crippen LogP contribution in [0.15, 0.2) is 58.4 Å². The van der Waals surface area contributed by atoms with Crippen LogP contribution in [0.5, 0.6) is 0 Å². The summed E-state index contributed by atoms with van der Waals surface area (Å²) in [5.74, 6) is 0. The van der Waals surface area contributed by atoms with Crippen molar-refractivity contribution in [2.75, 3.05) is 0 Å². The van der Waals surface area contributed by atoms with Gasteiger partial charge in [0.15, 0.2) is 0 Å². The van der Waals surface area contributed by atoms with Gasteiger partial charge in [-0.3, -0.25) is 4.99 Å². The molecule has 0 aromatic heterocycles. The minimum atomic E-state index is 0.723. The summed E-state index contributed by atoms with van der Waals surface area (Å²) in [7, 11) is 0. The van der Waals surface area contributed by atoms with Gasteiger partial charge in [0.05, 0.1) is 0 Å². The van der Waals surface area contributed by atoms with Crippen LogP contribution in [0.2, 0.25) is 5.02 Å². The van der Waals surface area contributed by atoms with E-state index in [1.807, 2.05) is 48.5 Å². The molecule has 0 amide bonds. The van der Waals surface area contributed by atoms with Gasteiger partial charge in [-0.05, 0) is 23.8 Å². The maximum atomic E-state index is 5.79. The lowest BCUT2D eigenvalue weighted by atomic mass is 10.2. The summed E-state index contributed by atoms with van der Waals surface area (Å²) in [6.07, 6.45) is 1.78. The second kappa shape index (κ2) is 5.10. The van der Waals surface area contributed by atoms with Crippen molar-refractivity contribution in [2.45, 2.75) is 4.90 Å². The van der Waals surface area contributed by atoms with Gasteiger partial charge in [0, 0.05) is 16.9 Å². The standard InChI is InChI=1S/C13H10ClNS/c14-11-7-5-10(6-8-11)9-15-12-3-1-2-4-13(12)16/h1-9,16H/p-1. The Labute approximate surface area is 105 Å². The predicted octanol–water partition coefficient (Wildman–Crippen LogP) is 4.00. The minimum Gasteiger partial charge on any atom is -0.778 e. The van der Waals surface area contributed by atoms with Crippen LogP contribution in [0.1, 0.15) is 5.56 Å². The molecule has 0 aliphatic heterocycles. The molecule has 0 spiro atoms. The van der Waals surface area contributed by atoms with E-state index in [1.165, 1.54) is 0 Å². The molecule has 1 nitrogen and oxygen atoms in total. The molecule has 0 heterocycles. The molecule has 2 aromatic carbocycles. The molecular weight excluding hydrogens is 238 g/mol. The van der Waals surface area contributed by atoms with E-state index in [1.54, 1.807) is 6.21 Å². The molecule has 0 saturated carbocycles. The smallest absolute Gasteiger partial charge is 0.0438 e. The van der Waals surface area contributed by atoms with Crippen LogP contribution in [0.3, 0.4) is 0 Å². The maximum Gasteiger partial charge on any atom is 0.0438 e. The molecule has 0 saturated heterocycles. The summed E-state index contributed by atoms with van der Waals surface area (Å²) in [5.41, 5.74) is 1.81. The van der Waals surface area contributed by atoms with E-state index in [4.69, 9.17) is 24.2 Å². The van der Waals surface area contributed by atoms with E-state index in [2.05, 4.69) is 4.99 Å². The molecule has 0 N–H and O–H groups in total. The first-order valence-electron chi connectivity index (χ1n) is 4.81. The Bertz CT molecular complexity index is 506. The summed E-state index contributed by atoms with van der Waals surface area (Å²) >= 11 is 10.9. The van der Waals surface area contributed by atoms with Crippen molar-refractivity contribution < 1.29 is 0 Å². The molecule has 0 bridgehead atoms. The van der Waals surface area contributed by atoms with Gasteiger partial charge in [-0.2, -0.15) is 0 Å². The third kappa shape index (κ3) is 2.81. The van der Waals surface area contributed by atoms with E-state index < -0.39 is 0 Å². The molecule has 0 unspecified atom stereocenters. The zero-order chi connectivity index (χ0) is 11.4. The summed E-state index contributed by atoms with van der Waals surface area (Å²) in [5, 5.41) is 0.723. The summed E-state index contributed by atoms with van der Waals surface area (Å²) in [6, 6.07) is 15.1. The van der Waals surface area contributed by atoms with Gasteiger partial charge in [-0.15, -0.1) is 4.90 Å². The zero-order valence-electron chi connectivity index (χ0n) is 8.43. The van der Waals surface area contributed by atoms with Crippen LogP contribution in [-0.2, 0) is 12.6 Å². The first-order chi connectivity index (χ1) is 7.75. The highest BCUT2D eigenvalue weighted by molar-refractivity contribution is 7.59. The van der Waals surface area contributed by atoms with Gasteiger partial charge in [0.1, 0.15) is 0 Å². The largest absolute Gasteiger partial charge is 0.778 e. The quantitative estimate of drug-likeness (QED) is 0.576. The fraction of sp³-hybridized carbons (Fsp3) is 0. The molecule has 3 heteroatoms. The molecule has 0 fully saturated rings. The van der Waals surface area contributed by atoms with Crippen molar-refractivity contribution in [3.05, 3.63) is 59.1 Å². The molecule has 0 aliphatic carbocycles. The van der Waals surface area contributed by atoms with Crippen LogP contribution in [0, 0.1) is 0 Å². The normalized spacial score (nSPS) is 10.8. The maximum absolute atomic E-state index is 5.79. The monoisotopic (exact) mass is 246 g/mol. The van der Waals surface area contributed by atoms with Crippen LogP contribution in [-0.4, -0.2) is 6.21 Å². The summed E-state index contributed by atoms with van der Waals surface area (Å²) in [4.78, 5) is 5.09. The number of benzene rings is 2. The molecular formula is C13H9ClNS-. The molecule has 0 aliphatic rings. The van der Waals surface area contributed by atoms with Gasteiger partial charge in [0.2, 0.25) is 0 Å². The number of aliphatic imine (C=N–C) groups is 1. The van der Waals surface area contributed by atoms with Crippen molar-refractivity contribution >= 4 is 36.1 Å². The van der Waals surface area contributed by atoms with E-state index in [0.717, 1.165) is 21.2 Å². The number of hydrogen-bond donors (Lipinski definition) is 0. The highest BCUT2D eigenvalue weighted by Gasteiger charge is 1.89. The Hall–Kier alpha value is -1.38. The lowest BCUT2D eigenvalue weighted by Gasteiger charge is -2.07. The van der Waals surface area contributed by atoms with Crippen molar-refractivity contribution in [2.24, 2.45) is 4.99 Å². The second-order valence-electron chi connectivity index (χ2n) is 3.28. The number of hydrogen-bond acceptors (Lipinski definition) is 2. The van der Waals surface area contributed by atoms with Gasteiger partial charge in [-0.1, -0.05) is 41.9 Å². The lowest BCUT2D eigenvalue weighted by Crippen LogP contribution is -1.80. The molecule has 80 valence electrons.